The number of carbonyl (C=O) groups excluding carboxylic acids is 1. The topological polar surface area (TPSA) is 63.9 Å². The number of aromatic nitrogens is 4. The number of carbonyl (C=O) groups is 1. The van der Waals surface area contributed by atoms with Gasteiger partial charge in [0.05, 0.1) is 24.3 Å². The van der Waals surface area contributed by atoms with Crippen LogP contribution < -0.4 is 0 Å². The molecule has 0 N–H and O–H groups in total. The molecule has 31 heavy (non-hydrogen) atoms. The van der Waals surface area contributed by atoms with Gasteiger partial charge >= 0.3 is 0 Å². The van der Waals surface area contributed by atoms with Crippen LogP contribution in [0.5, 0.6) is 0 Å². The fourth-order valence-corrected chi connectivity index (χ4v) is 3.98. The monoisotopic (exact) mass is 413 g/mol. The van der Waals surface area contributed by atoms with E-state index in [1.165, 1.54) is 12.1 Å². The van der Waals surface area contributed by atoms with Gasteiger partial charge in [0, 0.05) is 42.0 Å². The molecule has 5 rings (SSSR count). The Morgan fingerprint density at radius 1 is 1.03 bits per heavy atom. The van der Waals surface area contributed by atoms with E-state index in [4.69, 9.17) is 5.10 Å². The van der Waals surface area contributed by atoms with Crippen molar-refractivity contribution in [1.29, 1.82) is 0 Å². The highest BCUT2D eigenvalue weighted by atomic mass is 19.1. The van der Waals surface area contributed by atoms with E-state index in [-0.39, 0.29) is 11.7 Å². The van der Waals surface area contributed by atoms with E-state index >= 15 is 0 Å². The molecular formula is C24H20FN5O. The zero-order valence-corrected chi connectivity index (χ0v) is 17.0. The molecule has 0 fully saturated rings. The molecule has 0 radical (unpaired) electrons. The summed E-state index contributed by atoms with van der Waals surface area (Å²) in [6, 6.07) is 13.8. The van der Waals surface area contributed by atoms with Crippen LogP contribution in [0.1, 0.15) is 21.7 Å². The lowest BCUT2D eigenvalue weighted by molar-refractivity contribution is 0.0706. The summed E-state index contributed by atoms with van der Waals surface area (Å²) >= 11 is 0. The maximum Gasteiger partial charge on any atom is 0.255 e. The lowest BCUT2D eigenvalue weighted by atomic mass is 9.98. The molecule has 4 aromatic rings. The second-order valence-electron chi connectivity index (χ2n) is 7.55. The van der Waals surface area contributed by atoms with E-state index in [1.54, 1.807) is 42.9 Å². The van der Waals surface area contributed by atoms with Gasteiger partial charge in [-0.15, -0.1) is 0 Å². The fourth-order valence-electron chi connectivity index (χ4n) is 3.98. The second-order valence-corrected chi connectivity index (χ2v) is 7.55. The van der Waals surface area contributed by atoms with Gasteiger partial charge in [0.2, 0.25) is 0 Å². The number of aryl methyl sites for hydroxylation is 1. The Bertz CT molecular complexity index is 1250. The Morgan fingerprint density at radius 2 is 1.87 bits per heavy atom. The van der Waals surface area contributed by atoms with Crippen molar-refractivity contribution >= 4 is 5.91 Å². The number of hydrogen-bond donors (Lipinski definition) is 0. The number of amides is 1. The first kappa shape index (κ1) is 19.1. The van der Waals surface area contributed by atoms with Crippen molar-refractivity contribution < 1.29 is 9.18 Å². The molecule has 1 aliphatic heterocycles. The predicted molar refractivity (Wildman–Crippen MR) is 115 cm³/mol. The largest absolute Gasteiger partial charge is 0.331 e. The number of fused-ring (bicyclic) bond motifs is 1. The van der Waals surface area contributed by atoms with Crippen molar-refractivity contribution in [2.24, 2.45) is 0 Å². The molecule has 1 amide bonds. The molecule has 0 unspecified atom stereocenters. The van der Waals surface area contributed by atoms with E-state index in [2.05, 4.69) is 9.97 Å². The minimum atomic E-state index is -0.290. The van der Waals surface area contributed by atoms with Crippen LogP contribution >= 0.6 is 0 Å². The summed E-state index contributed by atoms with van der Waals surface area (Å²) in [4.78, 5) is 23.2. The van der Waals surface area contributed by atoms with Gasteiger partial charge in [-0.05, 0) is 61.0 Å². The maximum absolute atomic E-state index is 13.5. The molecular weight excluding hydrogens is 393 g/mol. The van der Waals surface area contributed by atoms with E-state index in [9.17, 15) is 9.18 Å². The first-order chi connectivity index (χ1) is 15.1. The maximum atomic E-state index is 13.5. The molecule has 1 aliphatic rings. The summed E-state index contributed by atoms with van der Waals surface area (Å²) in [6.07, 6.45) is 5.01. The number of hydrogen-bond acceptors (Lipinski definition) is 4. The van der Waals surface area contributed by atoms with Crippen LogP contribution in [0.4, 0.5) is 4.39 Å². The third kappa shape index (κ3) is 3.59. The fraction of sp³-hybridized carbons (Fsp3) is 0.167. The number of nitrogens with zero attached hydrogens (tertiary/aromatic N) is 5. The molecule has 4 heterocycles. The molecule has 0 aliphatic carbocycles. The zero-order valence-electron chi connectivity index (χ0n) is 17.0. The number of benzene rings is 1. The minimum Gasteiger partial charge on any atom is -0.331 e. The lowest BCUT2D eigenvalue weighted by Gasteiger charge is -2.28. The van der Waals surface area contributed by atoms with Crippen molar-refractivity contribution in [3.05, 3.63) is 89.9 Å². The Hall–Kier alpha value is -3.87. The molecule has 6 nitrogen and oxygen atoms in total. The van der Waals surface area contributed by atoms with Crippen LogP contribution in [0.3, 0.4) is 0 Å². The van der Waals surface area contributed by atoms with Gasteiger partial charge in [0.25, 0.3) is 5.91 Å². The summed E-state index contributed by atoms with van der Waals surface area (Å²) in [5.41, 5.74) is 5.93. The standard InChI is InChI=1S/C24H20FN5O/c1-16-13-18(8-10-27-16)22-21-15-29(24(31)19-3-2-9-26-14-19)11-12-30(21)28-23(22)17-4-6-20(25)7-5-17/h2-10,13-14H,11-12,15H2,1H3. The van der Waals surface area contributed by atoms with Crippen molar-refractivity contribution in [2.75, 3.05) is 6.54 Å². The highest BCUT2D eigenvalue weighted by Crippen LogP contribution is 2.36. The Balaban J connectivity index is 1.61. The quantitative estimate of drug-likeness (QED) is 0.507. The molecule has 154 valence electrons. The van der Waals surface area contributed by atoms with Crippen molar-refractivity contribution in [3.63, 3.8) is 0 Å². The van der Waals surface area contributed by atoms with Crippen LogP contribution in [0.15, 0.2) is 67.1 Å². The lowest BCUT2D eigenvalue weighted by Crippen LogP contribution is -2.38. The second kappa shape index (κ2) is 7.75. The highest BCUT2D eigenvalue weighted by Gasteiger charge is 2.28. The van der Waals surface area contributed by atoms with Crippen molar-refractivity contribution in [2.45, 2.75) is 20.0 Å². The normalized spacial score (nSPS) is 13.2. The highest BCUT2D eigenvalue weighted by molar-refractivity contribution is 5.94. The van der Waals surface area contributed by atoms with Crippen molar-refractivity contribution in [3.8, 4) is 22.4 Å². The van der Waals surface area contributed by atoms with Crippen LogP contribution in [-0.2, 0) is 13.1 Å². The average Bonchev–Trinajstić information content (AvgIpc) is 3.18. The summed E-state index contributed by atoms with van der Waals surface area (Å²) in [7, 11) is 0. The van der Waals surface area contributed by atoms with Gasteiger partial charge in [-0.1, -0.05) is 0 Å². The minimum absolute atomic E-state index is 0.0549. The number of pyridine rings is 2. The summed E-state index contributed by atoms with van der Waals surface area (Å²) < 4.78 is 15.5. The third-order valence-electron chi connectivity index (χ3n) is 5.48. The summed E-state index contributed by atoms with van der Waals surface area (Å²) in [5, 5.41) is 4.85. The smallest absolute Gasteiger partial charge is 0.255 e. The Kier molecular flexibility index (Phi) is 4.78. The van der Waals surface area contributed by atoms with Gasteiger partial charge in [-0.2, -0.15) is 5.10 Å². The van der Waals surface area contributed by atoms with Gasteiger partial charge in [-0.25, -0.2) is 4.39 Å². The van der Waals surface area contributed by atoms with Crippen LogP contribution in [0, 0.1) is 12.7 Å². The molecule has 0 saturated heterocycles. The summed E-state index contributed by atoms with van der Waals surface area (Å²) in [5.74, 6) is -0.344. The van der Waals surface area contributed by atoms with Gasteiger partial charge < -0.3 is 4.90 Å². The molecule has 1 aromatic carbocycles. The summed E-state index contributed by atoms with van der Waals surface area (Å²) in [6.45, 7) is 3.51. The first-order valence-corrected chi connectivity index (χ1v) is 10.1. The van der Waals surface area contributed by atoms with Crippen LogP contribution in [-0.4, -0.2) is 37.1 Å². The Morgan fingerprint density at radius 3 is 2.61 bits per heavy atom. The number of halogens is 1. The molecule has 0 spiro atoms. The predicted octanol–water partition coefficient (Wildman–Crippen LogP) is 4.11. The molecule has 3 aromatic heterocycles. The van der Waals surface area contributed by atoms with E-state index < -0.39 is 0 Å². The van der Waals surface area contributed by atoms with Crippen molar-refractivity contribution in [1.82, 2.24) is 24.6 Å². The molecule has 7 heteroatoms. The van der Waals surface area contributed by atoms with E-state index in [0.29, 0.717) is 25.2 Å². The van der Waals surface area contributed by atoms with E-state index in [1.807, 2.05) is 28.6 Å². The molecule has 0 atom stereocenters. The van der Waals surface area contributed by atoms with Crippen LogP contribution in [0.2, 0.25) is 0 Å². The average molecular weight is 413 g/mol. The van der Waals surface area contributed by atoms with E-state index in [0.717, 1.165) is 33.8 Å². The first-order valence-electron chi connectivity index (χ1n) is 10.1. The molecule has 0 bridgehead atoms. The third-order valence-corrected chi connectivity index (χ3v) is 5.48. The van der Waals surface area contributed by atoms with Gasteiger partial charge in [0.1, 0.15) is 11.5 Å². The van der Waals surface area contributed by atoms with Gasteiger partial charge in [-0.3, -0.25) is 19.4 Å². The number of rotatable bonds is 3. The Labute approximate surface area is 179 Å². The SMILES string of the molecule is Cc1cc(-c2c(-c3ccc(F)cc3)nn3c2CN(C(=O)c2cccnc2)CC3)ccn1. The molecule has 0 saturated carbocycles. The van der Waals surface area contributed by atoms with Gasteiger partial charge in [0.15, 0.2) is 0 Å². The zero-order chi connectivity index (χ0) is 21.4. The van der Waals surface area contributed by atoms with Crippen LogP contribution in [0.25, 0.3) is 22.4 Å².